The van der Waals surface area contributed by atoms with Crippen LogP contribution in [0.15, 0.2) is 23.3 Å². The fraction of sp³-hybridized carbons (Fsp3) is 0.273. The molecule has 1 aromatic rings. The van der Waals surface area contributed by atoms with E-state index in [0.29, 0.717) is 0 Å². The Labute approximate surface area is 99.5 Å². The molecule has 0 unspecified atom stereocenters. The summed E-state index contributed by atoms with van der Waals surface area (Å²) in [6.45, 7) is 0.809. The van der Waals surface area contributed by atoms with E-state index in [1.807, 2.05) is 12.1 Å². The van der Waals surface area contributed by atoms with Crippen LogP contribution >= 0.6 is 12.2 Å². The summed E-state index contributed by atoms with van der Waals surface area (Å²) < 4.78 is 5.52. The summed E-state index contributed by atoms with van der Waals surface area (Å²) in [5.41, 5.74) is 10.0. The highest BCUT2D eigenvalue weighted by Gasteiger charge is 2.09. The van der Waals surface area contributed by atoms with Gasteiger partial charge in [-0.3, -0.25) is 5.43 Å². The molecule has 2 rings (SSSR count). The smallest absolute Gasteiger partial charge is 0.184 e. The van der Waals surface area contributed by atoms with Crippen molar-refractivity contribution in [3.8, 4) is 5.75 Å². The van der Waals surface area contributed by atoms with Crippen LogP contribution in [-0.2, 0) is 6.42 Å². The number of thiocarbonyl (C=S) groups is 1. The summed E-state index contributed by atoms with van der Waals surface area (Å²) in [5.74, 6) is 0.978. The monoisotopic (exact) mass is 235 g/mol. The van der Waals surface area contributed by atoms with Gasteiger partial charge in [-0.2, -0.15) is 5.10 Å². The second kappa shape index (κ2) is 4.94. The predicted octanol–water partition coefficient (Wildman–Crippen LogP) is 1.18. The molecule has 0 amide bonds. The van der Waals surface area contributed by atoms with Crippen LogP contribution < -0.4 is 15.9 Å². The first-order chi connectivity index (χ1) is 7.75. The van der Waals surface area contributed by atoms with E-state index in [1.165, 1.54) is 5.56 Å². The van der Waals surface area contributed by atoms with Crippen molar-refractivity contribution in [2.24, 2.45) is 10.8 Å². The maximum atomic E-state index is 5.52. The summed E-state index contributed by atoms with van der Waals surface area (Å²) in [6, 6.07) is 5.99. The van der Waals surface area contributed by atoms with Crippen LogP contribution in [0.25, 0.3) is 0 Å². The Kier molecular flexibility index (Phi) is 3.36. The molecule has 1 heterocycles. The zero-order valence-corrected chi connectivity index (χ0v) is 9.59. The number of rotatable bonds is 2. The fourth-order valence-corrected chi connectivity index (χ4v) is 1.68. The molecule has 5 heteroatoms. The SMILES string of the molecule is NC(=S)NN=Cc1ccc2c(c1)CCCO2. The average molecular weight is 235 g/mol. The van der Waals surface area contributed by atoms with Gasteiger partial charge in [-0.1, -0.05) is 0 Å². The van der Waals surface area contributed by atoms with Gasteiger partial charge in [0.15, 0.2) is 5.11 Å². The number of nitrogens with two attached hydrogens (primary N) is 1. The van der Waals surface area contributed by atoms with Crippen molar-refractivity contribution < 1.29 is 4.74 Å². The molecule has 0 spiro atoms. The molecule has 16 heavy (non-hydrogen) atoms. The maximum Gasteiger partial charge on any atom is 0.184 e. The zero-order chi connectivity index (χ0) is 11.4. The van der Waals surface area contributed by atoms with Crippen LogP contribution in [0, 0.1) is 0 Å². The standard InChI is InChI=1S/C11H13N3OS/c12-11(16)14-13-7-8-3-4-10-9(6-8)2-1-5-15-10/h3-4,6-7H,1-2,5H2,(H3,12,14,16). The highest BCUT2D eigenvalue weighted by atomic mass is 32.1. The first kappa shape index (κ1) is 10.9. The highest BCUT2D eigenvalue weighted by molar-refractivity contribution is 7.80. The van der Waals surface area contributed by atoms with E-state index < -0.39 is 0 Å². The number of fused-ring (bicyclic) bond motifs is 1. The molecular formula is C11H13N3OS. The first-order valence-corrected chi connectivity index (χ1v) is 5.51. The molecule has 1 aliphatic rings. The Morgan fingerprint density at radius 3 is 3.25 bits per heavy atom. The summed E-state index contributed by atoms with van der Waals surface area (Å²) >= 11 is 4.64. The number of hydrogen-bond donors (Lipinski definition) is 2. The van der Waals surface area contributed by atoms with Crippen LogP contribution in [0.4, 0.5) is 0 Å². The summed E-state index contributed by atoms with van der Waals surface area (Å²) in [7, 11) is 0. The molecule has 0 saturated heterocycles. The zero-order valence-electron chi connectivity index (χ0n) is 8.77. The van der Waals surface area contributed by atoms with Crippen molar-refractivity contribution in [2.75, 3.05) is 6.61 Å². The quantitative estimate of drug-likeness (QED) is 0.459. The van der Waals surface area contributed by atoms with Gasteiger partial charge < -0.3 is 10.5 Å². The Morgan fingerprint density at radius 2 is 2.44 bits per heavy atom. The lowest BCUT2D eigenvalue weighted by atomic mass is 10.0. The number of benzene rings is 1. The number of aryl methyl sites for hydroxylation is 1. The first-order valence-electron chi connectivity index (χ1n) is 5.10. The molecule has 1 aromatic carbocycles. The van der Waals surface area contributed by atoms with Gasteiger partial charge in [0.25, 0.3) is 0 Å². The van der Waals surface area contributed by atoms with Gasteiger partial charge in [0, 0.05) is 0 Å². The summed E-state index contributed by atoms with van der Waals surface area (Å²) in [5, 5.41) is 4.07. The molecule has 0 aliphatic carbocycles. The van der Waals surface area contributed by atoms with E-state index in [2.05, 4.69) is 28.8 Å². The molecule has 0 fully saturated rings. The second-order valence-electron chi connectivity index (χ2n) is 3.55. The number of nitrogens with zero attached hydrogens (tertiary/aromatic N) is 1. The van der Waals surface area contributed by atoms with Crippen molar-refractivity contribution in [3.63, 3.8) is 0 Å². The lowest BCUT2D eigenvalue weighted by molar-refractivity contribution is 0.288. The molecule has 3 N–H and O–H groups in total. The molecule has 0 atom stereocenters. The molecule has 0 saturated carbocycles. The number of nitrogens with one attached hydrogen (secondary N) is 1. The van der Waals surface area contributed by atoms with Crippen molar-refractivity contribution in [1.29, 1.82) is 0 Å². The Hall–Kier alpha value is -1.62. The van der Waals surface area contributed by atoms with Gasteiger partial charge in [-0.25, -0.2) is 0 Å². The molecular weight excluding hydrogens is 222 g/mol. The van der Waals surface area contributed by atoms with Crippen LogP contribution in [0.1, 0.15) is 17.5 Å². The molecule has 84 valence electrons. The maximum absolute atomic E-state index is 5.52. The van der Waals surface area contributed by atoms with E-state index in [9.17, 15) is 0 Å². The Balaban J connectivity index is 2.11. The number of ether oxygens (including phenoxy) is 1. The van der Waals surface area contributed by atoms with Crippen LogP contribution in [-0.4, -0.2) is 17.9 Å². The molecule has 0 aromatic heterocycles. The highest BCUT2D eigenvalue weighted by Crippen LogP contribution is 2.24. The van der Waals surface area contributed by atoms with Crippen molar-refractivity contribution >= 4 is 23.5 Å². The minimum Gasteiger partial charge on any atom is -0.493 e. The lowest BCUT2D eigenvalue weighted by Gasteiger charge is -2.16. The van der Waals surface area contributed by atoms with Crippen LogP contribution in [0.3, 0.4) is 0 Å². The third-order valence-corrected chi connectivity index (χ3v) is 2.41. The Morgan fingerprint density at radius 1 is 1.56 bits per heavy atom. The normalized spacial score (nSPS) is 14.2. The topological polar surface area (TPSA) is 59.6 Å². The molecule has 1 aliphatic heterocycles. The van der Waals surface area contributed by atoms with E-state index in [4.69, 9.17) is 10.5 Å². The van der Waals surface area contributed by atoms with Crippen molar-refractivity contribution in [3.05, 3.63) is 29.3 Å². The predicted molar refractivity (Wildman–Crippen MR) is 67.8 cm³/mol. The van der Waals surface area contributed by atoms with Crippen LogP contribution in [0.5, 0.6) is 5.75 Å². The van der Waals surface area contributed by atoms with E-state index in [0.717, 1.165) is 30.8 Å². The number of hydrogen-bond acceptors (Lipinski definition) is 3. The average Bonchev–Trinajstić information content (AvgIpc) is 2.28. The largest absolute Gasteiger partial charge is 0.493 e. The minimum atomic E-state index is 0.164. The van der Waals surface area contributed by atoms with Gasteiger partial charge in [0.1, 0.15) is 5.75 Å². The van der Waals surface area contributed by atoms with E-state index in [1.54, 1.807) is 6.21 Å². The van der Waals surface area contributed by atoms with E-state index in [-0.39, 0.29) is 5.11 Å². The van der Waals surface area contributed by atoms with Crippen molar-refractivity contribution in [1.82, 2.24) is 5.43 Å². The summed E-state index contributed by atoms with van der Waals surface area (Å²) in [4.78, 5) is 0. The minimum absolute atomic E-state index is 0.164. The van der Waals surface area contributed by atoms with Crippen LogP contribution in [0.2, 0.25) is 0 Å². The van der Waals surface area contributed by atoms with Gasteiger partial charge in [0.2, 0.25) is 0 Å². The van der Waals surface area contributed by atoms with E-state index >= 15 is 0 Å². The van der Waals surface area contributed by atoms with Gasteiger partial charge in [-0.15, -0.1) is 0 Å². The summed E-state index contributed by atoms with van der Waals surface area (Å²) in [6.07, 6.45) is 3.81. The third-order valence-electron chi connectivity index (χ3n) is 2.32. The van der Waals surface area contributed by atoms with Gasteiger partial charge in [0.05, 0.1) is 12.8 Å². The van der Waals surface area contributed by atoms with Gasteiger partial charge >= 0.3 is 0 Å². The Bertz CT molecular complexity index is 431. The molecule has 0 radical (unpaired) electrons. The van der Waals surface area contributed by atoms with Crippen molar-refractivity contribution in [2.45, 2.75) is 12.8 Å². The molecule has 4 nitrogen and oxygen atoms in total. The number of hydrazone groups is 1. The molecule has 0 bridgehead atoms. The fourth-order valence-electron chi connectivity index (χ4n) is 1.63. The lowest BCUT2D eigenvalue weighted by Crippen LogP contribution is -2.24. The third kappa shape index (κ3) is 2.70. The second-order valence-corrected chi connectivity index (χ2v) is 3.99. The van der Waals surface area contributed by atoms with Gasteiger partial charge in [-0.05, 0) is 54.4 Å².